The van der Waals surface area contributed by atoms with Gasteiger partial charge in [0.15, 0.2) is 5.13 Å². The zero-order valence-electron chi connectivity index (χ0n) is 12.2. The SMILES string of the molecule is CC[C@@H](C)c1ccc(-c2csc(NC(=O)CCCl)n2)cc1. The first-order valence-corrected chi connectivity index (χ1v) is 8.47. The first-order chi connectivity index (χ1) is 10.1. The molecule has 1 atom stereocenters. The highest BCUT2D eigenvalue weighted by Gasteiger charge is 2.08. The number of nitrogens with zero attached hydrogens (tertiary/aromatic N) is 1. The summed E-state index contributed by atoms with van der Waals surface area (Å²) in [5.41, 5.74) is 3.29. The van der Waals surface area contributed by atoms with Crippen molar-refractivity contribution >= 4 is 34.0 Å². The molecule has 112 valence electrons. The van der Waals surface area contributed by atoms with Crippen molar-refractivity contribution in [3.8, 4) is 11.3 Å². The maximum Gasteiger partial charge on any atom is 0.227 e. The van der Waals surface area contributed by atoms with Crippen molar-refractivity contribution in [2.45, 2.75) is 32.6 Å². The molecule has 0 spiro atoms. The van der Waals surface area contributed by atoms with Crippen LogP contribution in [0.4, 0.5) is 5.13 Å². The van der Waals surface area contributed by atoms with E-state index in [0.29, 0.717) is 23.4 Å². The number of nitrogens with one attached hydrogen (secondary N) is 1. The number of hydrogen-bond acceptors (Lipinski definition) is 3. The average molecular weight is 323 g/mol. The van der Waals surface area contributed by atoms with Crippen molar-refractivity contribution in [3.63, 3.8) is 0 Å². The van der Waals surface area contributed by atoms with E-state index in [1.165, 1.54) is 16.9 Å². The maximum absolute atomic E-state index is 11.5. The molecule has 0 saturated carbocycles. The molecule has 0 radical (unpaired) electrons. The summed E-state index contributed by atoms with van der Waals surface area (Å²) in [6, 6.07) is 8.46. The summed E-state index contributed by atoms with van der Waals surface area (Å²) in [5.74, 6) is 0.791. The third kappa shape index (κ3) is 4.29. The Morgan fingerprint density at radius 1 is 1.38 bits per heavy atom. The molecule has 0 aliphatic heterocycles. The van der Waals surface area contributed by atoms with Crippen molar-refractivity contribution in [1.29, 1.82) is 0 Å². The Balaban J connectivity index is 2.08. The van der Waals surface area contributed by atoms with Gasteiger partial charge in [0.05, 0.1) is 5.69 Å². The van der Waals surface area contributed by atoms with E-state index >= 15 is 0 Å². The molecule has 0 bridgehead atoms. The molecule has 1 heterocycles. The highest BCUT2D eigenvalue weighted by atomic mass is 35.5. The number of carbonyl (C=O) groups excluding carboxylic acids is 1. The van der Waals surface area contributed by atoms with Crippen LogP contribution >= 0.6 is 22.9 Å². The number of rotatable bonds is 6. The molecular formula is C16H19ClN2OS. The quantitative estimate of drug-likeness (QED) is 0.769. The van der Waals surface area contributed by atoms with Gasteiger partial charge < -0.3 is 5.32 Å². The number of anilines is 1. The first-order valence-electron chi connectivity index (χ1n) is 7.05. The summed E-state index contributed by atoms with van der Waals surface area (Å²) < 4.78 is 0. The van der Waals surface area contributed by atoms with Crippen LogP contribution in [-0.2, 0) is 4.79 Å². The van der Waals surface area contributed by atoms with E-state index in [4.69, 9.17) is 11.6 Å². The van der Waals surface area contributed by atoms with Gasteiger partial charge in [0.25, 0.3) is 0 Å². The van der Waals surface area contributed by atoms with Crippen LogP contribution < -0.4 is 5.32 Å². The van der Waals surface area contributed by atoms with Crippen molar-refractivity contribution in [2.24, 2.45) is 0 Å². The number of amides is 1. The molecule has 1 amide bonds. The average Bonchev–Trinajstić information content (AvgIpc) is 2.95. The predicted molar refractivity (Wildman–Crippen MR) is 90.2 cm³/mol. The summed E-state index contributed by atoms with van der Waals surface area (Å²) in [7, 11) is 0. The van der Waals surface area contributed by atoms with Crippen LogP contribution in [0.5, 0.6) is 0 Å². The minimum atomic E-state index is -0.0991. The monoisotopic (exact) mass is 322 g/mol. The molecule has 0 aliphatic carbocycles. The van der Waals surface area contributed by atoms with E-state index in [1.807, 2.05) is 5.38 Å². The van der Waals surface area contributed by atoms with Crippen LogP contribution in [0.3, 0.4) is 0 Å². The highest BCUT2D eigenvalue weighted by molar-refractivity contribution is 7.14. The van der Waals surface area contributed by atoms with E-state index in [9.17, 15) is 4.79 Å². The van der Waals surface area contributed by atoms with Crippen LogP contribution in [0.25, 0.3) is 11.3 Å². The molecule has 21 heavy (non-hydrogen) atoms. The molecular weight excluding hydrogens is 304 g/mol. The highest BCUT2D eigenvalue weighted by Crippen LogP contribution is 2.27. The van der Waals surface area contributed by atoms with E-state index in [0.717, 1.165) is 17.7 Å². The van der Waals surface area contributed by atoms with Gasteiger partial charge in [-0.3, -0.25) is 4.79 Å². The number of thiazole rings is 1. The fraction of sp³-hybridized carbons (Fsp3) is 0.375. The van der Waals surface area contributed by atoms with Gasteiger partial charge in [0.1, 0.15) is 0 Å². The smallest absolute Gasteiger partial charge is 0.227 e. The normalized spacial score (nSPS) is 12.1. The molecule has 1 N–H and O–H groups in total. The molecule has 5 heteroatoms. The van der Waals surface area contributed by atoms with Crippen molar-refractivity contribution in [3.05, 3.63) is 35.2 Å². The minimum absolute atomic E-state index is 0.0991. The molecule has 3 nitrogen and oxygen atoms in total. The van der Waals surface area contributed by atoms with Crippen molar-refractivity contribution < 1.29 is 4.79 Å². The van der Waals surface area contributed by atoms with Gasteiger partial charge >= 0.3 is 0 Å². The summed E-state index contributed by atoms with van der Waals surface area (Å²) >= 11 is 6.97. The van der Waals surface area contributed by atoms with Crippen LogP contribution in [0.1, 0.15) is 38.2 Å². The fourth-order valence-corrected chi connectivity index (χ4v) is 2.86. The molecule has 0 fully saturated rings. The van der Waals surface area contributed by atoms with Gasteiger partial charge in [-0.1, -0.05) is 38.1 Å². The predicted octanol–water partition coefficient (Wildman–Crippen LogP) is 4.89. The first kappa shape index (κ1) is 16.0. The second-order valence-corrected chi connectivity index (χ2v) is 6.19. The van der Waals surface area contributed by atoms with Crippen molar-refractivity contribution in [2.75, 3.05) is 11.2 Å². The van der Waals surface area contributed by atoms with Gasteiger partial charge in [-0.2, -0.15) is 0 Å². The zero-order chi connectivity index (χ0) is 15.2. The maximum atomic E-state index is 11.5. The second-order valence-electron chi connectivity index (χ2n) is 4.96. The van der Waals surface area contributed by atoms with Gasteiger partial charge in [0, 0.05) is 23.2 Å². The summed E-state index contributed by atoms with van der Waals surface area (Å²) in [5, 5.41) is 5.33. The van der Waals surface area contributed by atoms with E-state index in [-0.39, 0.29) is 5.91 Å². The summed E-state index contributed by atoms with van der Waals surface area (Å²) in [6.45, 7) is 4.41. The lowest BCUT2D eigenvalue weighted by molar-refractivity contribution is -0.115. The Morgan fingerprint density at radius 2 is 2.10 bits per heavy atom. The van der Waals surface area contributed by atoms with Gasteiger partial charge in [0.2, 0.25) is 5.91 Å². The Morgan fingerprint density at radius 3 is 2.71 bits per heavy atom. The molecule has 1 aromatic heterocycles. The van der Waals surface area contributed by atoms with Gasteiger partial charge in [-0.05, 0) is 17.9 Å². The molecule has 0 aliphatic rings. The topological polar surface area (TPSA) is 42.0 Å². The number of carbonyl (C=O) groups is 1. The summed E-state index contributed by atoms with van der Waals surface area (Å²) in [6.07, 6.45) is 1.44. The molecule has 2 rings (SSSR count). The lowest BCUT2D eigenvalue weighted by Crippen LogP contribution is -2.11. The number of aromatic nitrogens is 1. The van der Waals surface area contributed by atoms with Crippen molar-refractivity contribution in [1.82, 2.24) is 4.98 Å². The minimum Gasteiger partial charge on any atom is -0.302 e. The standard InChI is InChI=1S/C16H19ClN2OS/c1-3-11(2)12-4-6-13(7-5-12)14-10-21-16(18-14)19-15(20)8-9-17/h4-7,10-11H,3,8-9H2,1-2H3,(H,18,19,20)/t11-/m1/s1. The Bertz CT molecular complexity index is 595. The Hall–Kier alpha value is -1.39. The van der Waals surface area contributed by atoms with Gasteiger partial charge in [-0.25, -0.2) is 4.98 Å². The van der Waals surface area contributed by atoms with Crippen LogP contribution in [0.15, 0.2) is 29.6 Å². The van der Waals surface area contributed by atoms with Gasteiger partial charge in [-0.15, -0.1) is 22.9 Å². The Kier molecular flexibility index (Phi) is 5.76. The van der Waals surface area contributed by atoms with Crippen LogP contribution in [-0.4, -0.2) is 16.8 Å². The fourth-order valence-electron chi connectivity index (χ4n) is 1.95. The molecule has 2 aromatic rings. The van der Waals surface area contributed by atoms with E-state index in [1.54, 1.807) is 0 Å². The molecule has 0 unspecified atom stereocenters. The third-order valence-electron chi connectivity index (χ3n) is 3.46. The van der Waals surface area contributed by atoms with Crippen LogP contribution in [0.2, 0.25) is 0 Å². The lowest BCUT2D eigenvalue weighted by atomic mass is 9.97. The molecule has 0 saturated heterocycles. The molecule has 1 aromatic carbocycles. The Labute approximate surface area is 134 Å². The van der Waals surface area contributed by atoms with E-state index < -0.39 is 0 Å². The lowest BCUT2D eigenvalue weighted by Gasteiger charge is -2.08. The van der Waals surface area contributed by atoms with E-state index in [2.05, 4.69) is 48.4 Å². The zero-order valence-corrected chi connectivity index (χ0v) is 13.8. The van der Waals surface area contributed by atoms with Crippen LogP contribution in [0, 0.1) is 0 Å². The number of hydrogen-bond donors (Lipinski definition) is 1. The number of benzene rings is 1. The number of halogens is 1. The summed E-state index contributed by atoms with van der Waals surface area (Å²) in [4.78, 5) is 15.9. The third-order valence-corrected chi connectivity index (χ3v) is 4.41. The number of alkyl halides is 1. The largest absolute Gasteiger partial charge is 0.302 e. The second kappa shape index (κ2) is 7.57.